The van der Waals surface area contributed by atoms with E-state index in [0.717, 1.165) is 56.6 Å². The smallest absolute Gasteiger partial charge is 0.315 e. The Balaban J connectivity index is 0.000000745. The molecule has 130 heavy (non-hydrogen) atoms. The van der Waals surface area contributed by atoms with Crippen LogP contribution in [0.5, 0.6) is 109 Å². The lowest BCUT2D eigenvalue weighted by Gasteiger charge is -2.14. The van der Waals surface area contributed by atoms with Crippen molar-refractivity contribution in [2.75, 3.05) is 64.0 Å². The second kappa shape index (κ2) is 57.5. The van der Waals surface area contributed by atoms with Gasteiger partial charge in [-0.2, -0.15) is 0 Å². The summed E-state index contributed by atoms with van der Waals surface area (Å²) < 4.78 is 94.7. The van der Waals surface area contributed by atoms with Crippen LogP contribution >= 0.6 is 38.5 Å². The van der Waals surface area contributed by atoms with E-state index in [1.165, 1.54) is 157 Å². The number of carbonyl (C=O) groups excluding carboxylic acids is 18. The number of hydrogen-bond donors (Lipinski definition) is 0. The average Bonchev–Trinajstić information content (AvgIpc) is 0.814. The maximum absolute atomic E-state index is 11.1. The average molecular weight is 1990 g/mol. The Bertz CT molecular complexity index is 5460. The van der Waals surface area contributed by atoms with Crippen molar-refractivity contribution in [1.29, 1.82) is 0 Å². The van der Waals surface area contributed by atoms with Crippen LogP contribution in [0.2, 0.25) is 0 Å². The van der Waals surface area contributed by atoms with Crippen LogP contribution in [0.25, 0.3) is 0 Å². The number of rotatable bonds is 29. The van der Waals surface area contributed by atoms with Gasteiger partial charge in [-0.25, -0.2) is 0 Å². The van der Waals surface area contributed by atoms with Gasteiger partial charge in [0.1, 0.15) is 48.0 Å². The van der Waals surface area contributed by atoms with Gasteiger partial charge in [-0.1, -0.05) is 6.07 Å². The molecule has 0 bridgehead atoms. The number of carbonyl (C=O) groups is 18. The van der Waals surface area contributed by atoms with Crippen LogP contribution in [0.1, 0.15) is 152 Å². The summed E-state index contributed by atoms with van der Waals surface area (Å²) in [7, 11) is 12.8. The molecule has 0 aliphatic heterocycles. The number of hydrogen-bond acceptors (Lipinski definition) is 41. The zero-order valence-corrected chi connectivity index (χ0v) is 76.1. The van der Waals surface area contributed by atoms with E-state index < -0.39 is 69.5 Å². The summed E-state index contributed by atoms with van der Waals surface area (Å²) in [5.41, 5.74) is 0.924. The van der Waals surface area contributed by atoms with Gasteiger partial charge in [0.25, 0.3) is 5.69 Å². The Morgan fingerprint density at radius 1 is 0.277 bits per heavy atom. The predicted molar refractivity (Wildman–Crippen MR) is 460 cm³/mol. The molecule has 0 heterocycles. The summed E-state index contributed by atoms with van der Waals surface area (Å²) in [5.74, 6) is -3.99. The first-order valence-corrected chi connectivity index (χ1v) is 37.6. The van der Waals surface area contributed by atoms with Crippen LogP contribution < -0.4 is 90.0 Å². The van der Waals surface area contributed by atoms with E-state index in [9.17, 15) is 107 Å². The van der Waals surface area contributed by atoms with E-state index in [2.05, 4.69) is 38.5 Å². The molecule has 0 saturated carbocycles. The number of methoxy groups -OCH3 is 9. The van der Waals surface area contributed by atoms with Crippen LogP contribution in [0, 0.1) is 23.8 Å². The van der Waals surface area contributed by atoms with Gasteiger partial charge >= 0.3 is 65.4 Å². The lowest BCUT2D eigenvalue weighted by Crippen LogP contribution is -2.11. The van der Waals surface area contributed by atoms with Crippen molar-refractivity contribution in [3.05, 3.63) is 176 Å². The van der Waals surface area contributed by atoms with Gasteiger partial charge < -0.3 is 90.0 Å². The number of esters is 10. The topological polar surface area (TPSA) is 569 Å². The Morgan fingerprint density at radius 2 is 0.600 bits per heavy atom. The number of ether oxygens (including phenoxy) is 19. The highest BCUT2D eigenvalue weighted by Crippen LogP contribution is 2.44. The molecule has 0 saturated heterocycles. The number of benzene rings is 8. The summed E-state index contributed by atoms with van der Waals surface area (Å²) in [6.07, 6.45) is 4.34. The molecule has 0 aliphatic carbocycles. The first-order chi connectivity index (χ1) is 61.4. The highest BCUT2D eigenvalue weighted by Gasteiger charge is 2.26. The molecule has 45 heteroatoms. The second-order valence-electron chi connectivity index (χ2n) is 23.8. The number of halogens is 2. The molecule has 0 aromatic heterocycles. The first kappa shape index (κ1) is 112. The maximum atomic E-state index is 11.1. The number of nitro benzene ring substituents is 2. The second-order valence-corrected chi connectivity index (χ2v) is 25.8. The predicted octanol–water partition coefficient (Wildman–Crippen LogP) is 12.5. The molecule has 692 valence electrons. The Morgan fingerprint density at radius 3 is 0.977 bits per heavy atom. The molecule has 43 nitrogen and oxygen atoms in total. The minimum Gasteiger partial charge on any atom is -0.493 e. The molecule has 0 fully saturated rings. The highest BCUT2D eigenvalue weighted by molar-refractivity contribution is 14.1. The summed E-state index contributed by atoms with van der Waals surface area (Å²) >= 11 is 5.29. The third-order valence-corrected chi connectivity index (χ3v) is 15.7. The minimum atomic E-state index is -0.727. The van der Waals surface area contributed by atoms with Gasteiger partial charge in [0.2, 0.25) is 17.2 Å². The van der Waals surface area contributed by atoms with Crippen LogP contribution in [-0.4, -0.2) is 184 Å². The van der Waals surface area contributed by atoms with Crippen molar-refractivity contribution in [2.24, 2.45) is 0 Å². The summed E-state index contributed by atoms with van der Waals surface area (Å²) in [5, 5.41) is 21.3. The van der Waals surface area contributed by atoms with Crippen LogP contribution in [0.15, 0.2) is 108 Å². The van der Waals surface area contributed by atoms with Crippen molar-refractivity contribution in [2.45, 2.75) is 69.2 Å². The fourth-order valence-electron chi connectivity index (χ4n) is 9.46. The van der Waals surface area contributed by atoms with Gasteiger partial charge in [0.15, 0.2) is 99.9 Å². The SMILES string of the molecule is CC(=O)Oc1cc(OC(C)=O)c(C=O)c(OC(C)=O)c1.CC(=O)Oc1ccc(C=O)c(OC(C)=O)c1OC(C)=O.CC(=O)Oc1cccc(C=O)c1OC(C)=O.COc1cc(C=O)c([N+](=O)[O-])cc1OC.COc1cc(C=O)cc(Br)c1OC(C)=O.COc1cc(C=O)cc(I)c1OC.COc1cc(C=O)cc(OC)c1OC(C)=O.COc1cc(C=O)cc([N+](=O)[O-])c1OC. The molecule has 0 amide bonds. The van der Waals surface area contributed by atoms with E-state index in [1.54, 1.807) is 32.4 Å². The van der Waals surface area contributed by atoms with Gasteiger partial charge in [-0.05, 0) is 105 Å². The first-order valence-electron chi connectivity index (χ1n) is 35.7. The molecular formula is C85H82BrIN2O41. The van der Waals surface area contributed by atoms with E-state index in [0.29, 0.717) is 82.4 Å². The monoisotopic (exact) mass is 1990 g/mol. The van der Waals surface area contributed by atoms with Gasteiger partial charge in [0, 0.05) is 116 Å². The molecule has 0 radical (unpaired) electrons. The zero-order valence-electron chi connectivity index (χ0n) is 72.3. The molecule has 8 aromatic rings. The quantitative estimate of drug-likeness (QED) is 0.0105. The third kappa shape index (κ3) is 37.1. The van der Waals surface area contributed by atoms with Crippen molar-refractivity contribution in [1.82, 2.24) is 0 Å². The molecule has 0 N–H and O–H groups in total. The maximum Gasteiger partial charge on any atom is 0.315 e. The Hall–Kier alpha value is -16.0. The lowest BCUT2D eigenvalue weighted by molar-refractivity contribution is -0.385. The van der Waals surface area contributed by atoms with Crippen molar-refractivity contribution in [3.8, 4) is 109 Å². The van der Waals surface area contributed by atoms with Gasteiger partial charge in [-0.15, -0.1) is 0 Å². The number of nitrogens with zero attached hydrogens (tertiary/aromatic N) is 2. The van der Waals surface area contributed by atoms with Crippen LogP contribution in [0.3, 0.4) is 0 Å². The largest absolute Gasteiger partial charge is 0.493 e. The highest BCUT2D eigenvalue weighted by atomic mass is 127. The minimum absolute atomic E-state index is 0.00750. The van der Waals surface area contributed by atoms with Crippen molar-refractivity contribution >= 4 is 160 Å². The molecule has 0 spiro atoms. The lowest BCUT2D eigenvalue weighted by atomic mass is 10.1. The normalized spacial score (nSPS) is 9.48. The molecule has 0 aliphatic rings. The molecule has 8 aromatic carbocycles. The Labute approximate surface area is 760 Å². The van der Waals surface area contributed by atoms with E-state index in [4.69, 9.17) is 90.0 Å². The number of aldehydes is 8. The standard InChI is InChI=1S/2C13H12O7.C11H12O5.C11H10O5.C10H9BrO4.C9H9IO3.2C9H9NO5/c1-7(15)18-10-4-12(19-8(2)16)11(6-14)13(5-10)20-9(3)17;1-7(15)18-11-5-4-10(6-14)12(19-8(2)16)13(11)20-9(3)17;1-7(13)16-11-9(14-2)4-8(6-12)5-10(11)15-3;1-7(13)15-10-5-3-4-9(6-12)11(10)16-8(2)14;1-6(13)15-10-8(11)3-7(5-12)4-9(10)14-2;1-12-8-4-6(5-11)3-7(10)9(8)13-2;1-14-8-3-6(5-11)7(10(12)13)4-9(8)15-2;1-14-8-4-6(5-11)3-7(10(12)13)9(8)15-2/h2*4-6H,1-3H3;4-6H,1-3H3;3-6H,1-2H3;3-5H,1-2H3;3-5H,1-2H3;2*3-5H,1-2H3. The molecule has 8 rings (SSSR count). The zero-order chi connectivity index (χ0) is 98.9. The summed E-state index contributed by atoms with van der Waals surface area (Å²) in [6, 6.07) is 23.6. The fraction of sp³-hybridized carbons (Fsp3) is 0.224. The van der Waals surface area contributed by atoms with Crippen molar-refractivity contribution < 1.29 is 186 Å². The third-order valence-electron chi connectivity index (χ3n) is 14.3. The van der Waals surface area contributed by atoms with Crippen LogP contribution in [-0.2, 0) is 47.9 Å². The van der Waals surface area contributed by atoms with Crippen molar-refractivity contribution in [3.63, 3.8) is 0 Å². The van der Waals surface area contributed by atoms with Gasteiger partial charge in [-0.3, -0.25) is 107 Å². The molecule has 0 atom stereocenters. The van der Waals surface area contributed by atoms with Gasteiger partial charge in [0.05, 0.1) is 105 Å². The summed E-state index contributed by atoms with van der Waals surface area (Å²) in [4.78, 5) is 215. The van der Waals surface area contributed by atoms with E-state index in [1.807, 2.05) is 0 Å². The van der Waals surface area contributed by atoms with Crippen LogP contribution in [0.4, 0.5) is 11.4 Å². The number of para-hydroxylation sites is 1. The molecular weight excluding hydrogens is 1910 g/mol. The Kier molecular flexibility index (Phi) is 49.6. The fourth-order valence-corrected chi connectivity index (χ4v) is 10.8. The van der Waals surface area contributed by atoms with E-state index >= 15 is 0 Å². The summed E-state index contributed by atoms with van der Waals surface area (Å²) in [6.45, 7) is 11.8. The molecule has 0 unspecified atom stereocenters. The van der Waals surface area contributed by atoms with E-state index in [-0.39, 0.29) is 131 Å². The number of nitro groups is 2.